The van der Waals surface area contributed by atoms with E-state index >= 15 is 0 Å². The fraction of sp³-hybridized carbons (Fsp3) is 0.667. The normalized spacial score (nSPS) is 23.1. The topological polar surface area (TPSA) is 59.1 Å². The molecule has 0 aliphatic carbocycles. The van der Waals surface area contributed by atoms with Gasteiger partial charge in [0.15, 0.2) is 0 Å². The Morgan fingerprint density at radius 1 is 1.12 bits per heavy atom. The Labute approximate surface area is 151 Å². The lowest BCUT2D eigenvalue weighted by Crippen LogP contribution is -2.58. The van der Waals surface area contributed by atoms with E-state index in [9.17, 15) is 8.42 Å². The first-order valence-corrected chi connectivity index (χ1v) is 10.2. The smallest absolute Gasteiger partial charge is 0.243 e. The Balaban J connectivity index is 2.12. The molecule has 0 saturated carbocycles. The minimum absolute atomic E-state index is 0.0596. The number of benzene rings is 1. The minimum Gasteiger partial charge on any atom is -0.491 e. The van der Waals surface area contributed by atoms with Gasteiger partial charge in [0.1, 0.15) is 5.75 Å². The van der Waals surface area contributed by atoms with Crippen molar-refractivity contribution in [1.82, 2.24) is 9.21 Å². The zero-order valence-corrected chi connectivity index (χ0v) is 16.6. The fourth-order valence-electron chi connectivity index (χ4n) is 3.25. The summed E-state index contributed by atoms with van der Waals surface area (Å²) in [6, 6.07) is 6.98. The summed E-state index contributed by atoms with van der Waals surface area (Å²) in [6.45, 7) is 10.4. The molecule has 1 aromatic rings. The van der Waals surface area contributed by atoms with Gasteiger partial charge in [0, 0.05) is 38.8 Å². The van der Waals surface area contributed by atoms with Crippen LogP contribution in [0.5, 0.6) is 5.75 Å². The van der Waals surface area contributed by atoms with E-state index in [0.717, 1.165) is 6.54 Å². The number of hydrogen-bond acceptors (Lipinski definition) is 5. The van der Waals surface area contributed by atoms with Gasteiger partial charge < -0.3 is 9.47 Å². The monoisotopic (exact) mass is 370 g/mol. The number of ether oxygens (including phenoxy) is 2. The largest absolute Gasteiger partial charge is 0.491 e. The van der Waals surface area contributed by atoms with E-state index < -0.39 is 10.0 Å². The minimum atomic E-state index is -3.50. The fourth-order valence-corrected chi connectivity index (χ4v) is 4.86. The molecule has 6 nitrogen and oxygen atoms in total. The Hall–Kier alpha value is -1.15. The average Bonchev–Trinajstić information content (AvgIpc) is 2.54. The van der Waals surface area contributed by atoms with Crippen LogP contribution in [-0.2, 0) is 14.8 Å². The molecule has 1 fully saturated rings. The molecule has 0 bridgehead atoms. The highest BCUT2D eigenvalue weighted by molar-refractivity contribution is 7.89. The van der Waals surface area contributed by atoms with Crippen molar-refractivity contribution in [2.24, 2.45) is 0 Å². The molecule has 0 spiro atoms. The quantitative estimate of drug-likeness (QED) is 0.736. The van der Waals surface area contributed by atoms with Crippen molar-refractivity contribution >= 4 is 10.0 Å². The Bertz CT molecular complexity index is 634. The van der Waals surface area contributed by atoms with Gasteiger partial charge >= 0.3 is 0 Å². The molecule has 0 N–H and O–H groups in total. The summed E-state index contributed by atoms with van der Waals surface area (Å²) in [6.07, 6.45) is 0.0596. The summed E-state index contributed by atoms with van der Waals surface area (Å²) in [7, 11) is -1.81. The molecule has 1 heterocycles. The maximum atomic E-state index is 13.0. The molecule has 1 aliphatic heterocycles. The summed E-state index contributed by atoms with van der Waals surface area (Å²) in [4.78, 5) is 2.61. The van der Waals surface area contributed by atoms with E-state index in [1.54, 1.807) is 35.7 Å². The number of piperazine rings is 1. The van der Waals surface area contributed by atoms with E-state index in [0.29, 0.717) is 30.3 Å². The molecule has 2 unspecified atom stereocenters. The van der Waals surface area contributed by atoms with Gasteiger partial charge in [-0.15, -0.1) is 0 Å². The SMILES string of the molecule is COCCN1C(C)CN(S(=O)(=O)c2ccc(OC(C)C)cc2)CC1C. The first-order valence-electron chi connectivity index (χ1n) is 8.77. The van der Waals surface area contributed by atoms with Crippen molar-refractivity contribution in [3.05, 3.63) is 24.3 Å². The van der Waals surface area contributed by atoms with Gasteiger partial charge in [-0.25, -0.2) is 8.42 Å². The molecule has 1 saturated heterocycles. The highest BCUT2D eigenvalue weighted by Crippen LogP contribution is 2.24. The highest BCUT2D eigenvalue weighted by Gasteiger charge is 2.35. The Kier molecular flexibility index (Phi) is 6.85. The second kappa shape index (κ2) is 8.49. The highest BCUT2D eigenvalue weighted by atomic mass is 32.2. The first-order chi connectivity index (χ1) is 11.8. The van der Waals surface area contributed by atoms with Gasteiger partial charge in [-0.1, -0.05) is 0 Å². The van der Waals surface area contributed by atoms with Crippen LogP contribution in [0.2, 0.25) is 0 Å². The third kappa shape index (κ3) is 4.94. The van der Waals surface area contributed by atoms with E-state index in [-0.39, 0.29) is 18.2 Å². The van der Waals surface area contributed by atoms with Crippen molar-refractivity contribution in [3.8, 4) is 5.75 Å². The van der Waals surface area contributed by atoms with E-state index in [1.807, 2.05) is 13.8 Å². The number of sulfonamides is 1. The molecule has 1 aliphatic rings. The van der Waals surface area contributed by atoms with Crippen LogP contribution in [0.4, 0.5) is 0 Å². The van der Waals surface area contributed by atoms with E-state index in [4.69, 9.17) is 9.47 Å². The number of methoxy groups -OCH3 is 1. The molecule has 2 rings (SSSR count). The van der Waals surface area contributed by atoms with Gasteiger partial charge in [0.2, 0.25) is 10.0 Å². The zero-order chi connectivity index (χ0) is 18.6. The van der Waals surface area contributed by atoms with Crippen LogP contribution in [0.25, 0.3) is 0 Å². The Morgan fingerprint density at radius 3 is 2.16 bits per heavy atom. The lowest BCUT2D eigenvalue weighted by atomic mass is 10.1. The second-order valence-corrected chi connectivity index (χ2v) is 8.83. The van der Waals surface area contributed by atoms with Crippen molar-refractivity contribution in [2.75, 3.05) is 33.4 Å². The molecule has 0 aromatic heterocycles. The lowest BCUT2D eigenvalue weighted by molar-refractivity contribution is 0.0496. The maximum absolute atomic E-state index is 13.0. The summed E-state index contributed by atoms with van der Waals surface area (Å²) >= 11 is 0. The van der Waals surface area contributed by atoms with Crippen molar-refractivity contribution < 1.29 is 17.9 Å². The molecule has 1 aromatic carbocycles. The predicted molar refractivity (Wildman–Crippen MR) is 98.5 cm³/mol. The second-order valence-electron chi connectivity index (χ2n) is 6.89. The van der Waals surface area contributed by atoms with Gasteiger partial charge in [-0.05, 0) is 52.0 Å². The summed E-state index contributed by atoms with van der Waals surface area (Å²) in [5, 5.41) is 0. The van der Waals surface area contributed by atoms with Gasteiger partial charge in [-0.3, -0.25) is 4.90 Å². The zero-order valence-electron chi connectivity index (χ0n) is 15.8. The van der Waals surface area contributed by atoms with Crippen LogP contribution in [0, 0.1) is 0 Å². The van der Waals surface area contributed by atoms with Gasteiger partial charge in [0.05, 0.1) is 17.6 Å². The van der Waals surface area contributed by atoms with Crippen molar-refractivity contribution in [3.63, 3.8) is 0 Å². The average molecular weight is 371 g/mol. The number of rotatable bonds is 7. The van der Waals surface area contributed by atoms with Crippen LogP contribution in [-0.4, -0.2) is 69.2 Å². The molecule has 2 atom stereocenters. The first kappa shape index (κ1) is 20.2. The standard InChI is InChI=1S/C18H30N2O4S/c1-14(2)24-17-6-8-18(9-7-17)25(21,22)19-12-15(3)20(10-11-23-5)16(4)13-19/h6-9,14-16H,10-13H2,1-5H3. The Morgan fingerprint density at radius 2 is 1.68 bits per heavy atom. The van der Waals surface area contributed by atoms with Crippen LogP contribution in [0.1, 0.15) is 27.7 Å². The molecular weight excluding hydrogens is 340 g/mol. The third-order valence-corrected chi connectivity index (χ3v) is 6.30. The van der Waals surface area contributed by atoms with Gasteiger partial charge in [-0.2, -0.15) is 4.31 Å². The van der Waals surface area contributed by atoms with Crippen LogP contribution >= 0.6 is 0 Å². The van der Waals surface area contributed by atoms with E-state index in [1.165, 1.54) is 0 Å². The lowest BCUT2D eigenvalue weighted by Gasteiger charge is -2.43. The maximum Gasteiger partial charge on any atom is 0.243 e. The molecule has 25 heavy (non-hydrogen) atoms. The summed E-state index contributed by atoms with van der Waals surface area (Å²) < 4.78 is 38.3. The molecular formula is C18H30N2O4S. The number of hydrogen-bond donors (Lipinski definition) is 0. The number of nitrogens with zero attached hydrogens (tertiary/aromatic N) is 2. The molecule has 0 amide bonds. The van der Waals surface area contributed by atoms with Gasteiger partial charge in [0.25, 0.3) is 0 Å². The summed E-state index contributed by atoms with van der Waals surface area (Å²) in [5.41, 5.74) is 0. The van der Waals surface area contributed by atoms with Crippen LogP contribution in [0.15, 0.2) is 29.2 Å². The molecule has 142 valence electrons. The predicted octanol–water partition coefficient (Wildman–Crippen LogP) is 2.20. The van der Waals surface area contributed by atoms with Crippen molar-refractivity contribution in [2.45, 2.75) is 50.8 Å². The third-order valence-electron chi connectivity index (χ3n) is 4.45. The molecule has 7 heteroatoms. The molecule has 0 radical (unpaired) electrons. The summed E-state index contributed by atoms with van der Waals surface area (Å²) in [5.74, 6) is 0.681. The van der Waals surface area contributed by atoms with Crippen LogP contribution < -0.4 is 4.74 Å². The van der Waals surface area contributed by atoms with E-state index in [2.05, 4.69) is 18.7 Å². The van der Waals surface area contributed by atoms with Crippen LogP contribution in [0.3, 0.4) is 0 Å². The van der Waals surface area contributed by atoms with Crippen molar-refractivity contribution in [1.29, 1.82) is 0 Å².